The monoisotopic (exact) mass is 254 g/mol. The zero-order valence-electron chi connectivity index (χ0n) is 11.4. The van der Waals surface area contributed by atoms with Gasteiger partial charge in [-0.3, -0.25) is 4.79 Å². The first-order valence-electron chi connectivity index (χ1n) is 7.24. The molecule has 0 heterocycles. The third-order valence-electron chi connectivity index (χ3n) is 4.83. The largest absolute Gasteiger partial charge is 0.480 e. The number of nitrogens with zero attached hydrogens (tertiary/aromatic N) is 1. The zero-order valence-corrected chi connectivity index (χ0v) is 11.4. The number of aliphatic carboxylic acids is 1. The zero-order chi connectivity index (χ0) is 13.2. The molecule has 2 saturated carbocycles. The molecule has 18 heavy (non-hydrogen) atoms. The second kappa shape index (κ2) is 5.57. The molecular weight excluding hydrogens is 228 g/mol. The molecule has 4 heteroatoms. The molecule has 0 aromatic carbocycles. The molecule has 2 aliphatic rings. The van der Waals surface area contributed by atoms with E-state index in [1.165, 1.54) is 25.7 Å². The third-order valence-corrected chi connectivity index (χ3v) is 4.83. The lowest BCUT2D eigenvalue weighted by Gasteiger charge is -2.39. The standard InChI is InChI=1S/C14H26N2O2/c1-16(10-11-5-2-3-6-11)12-7-4-8-14(15,9-12)13(17)18/h11-12H,2-10,15H2,1H3,(H,17,18). The molecule has 2 fully saturated rings. The van der Waals surface area contributed by atoms with Gasteiger partial charge in [0, 0.05) is 12.6 Å². The highest BCUT2D eigenvalue weighted by atomic mass is 16.4. The molecule has 0 saturated heterocycles. The maximum atomic E-state index is 11.2. The predicted octanol–water partition coefficient (Wildman–Crippen LogP) is 1.83. The quantitative estimate of drug-likeness (QED) is 0.803. The molecule has 0 radical (unpaired) electrons. The summed E-state index contributed by atoms with van der Waals surface area (Å²) in [6, 6.07) is 0.348. The van der Waals surface area contributed by atoms with Crippen LogP contribution in [0.25, 0.3) is 0 Å². The molecule has 2 rings (SSSR count). The van der Waals surface area contributed by atoms with E-state index < -0.39 is 11.5 Å². The SMILES string of the molecule is CN(CC1CCCC1)C1CCCC(N)(C(=O)O)C1. The Labute approximate surface area is 110 Å². The van der Waals surface area contributed by atoms with Crippen LogP contribution in [0.2, 0.25) is 0 Å². The van der Waals surface area contributed by atoms with E-state index >= 15 is 0 Å². The molecule has 2 aliphatic carbocycles. The van der Waals surface area contributed by atoms with E-state index in [1.807, 2.05) is 0 Å². The highest BCUT2D eigenvalue weighted by Gasteiger charge is 2.40. The van der Waals surface area contributed by atoms with Crippen LogP contribution < -0.4 is 5.73 Å². The van der Waals surface area contributed by atoms with Crippen LogP contribution in [0.15, 0.2) is 0 Å². The van der Waals surface area contributed by atoms with Crippen LogP contribution in [0.3, 0.4) is 0 Å². The van der Waals surface area contributed by atoms with Crippen molar-refractivity contribution in [2.24, 2.45) is 11.7 Å². The number of carboxylic acids is 1. The summed E-state index contributed by atoms with van der Waals surface area (Å²) < 4.78 is 0. The Morgan fingerprint density at radius 2 is 2.00 bits per heavy atom. The second-order valence-corrected chi connectivity index (χ2v) is 6.30. The summed E-state index contributed by atoms with van der Waals surface area (Å²) in [6.07, 6.45) is 8.64. The molecule has 4 nitrogen and oxygen atoms in total. The van der Waals surface area contributed by atoms with Gasteiger partial charge in [-0.25, -0.2) is 0 Å². The summed E-state index contributed by atoms with van der Waals surface area (Å²) in [7, 11) is 2.14. The normalized spacial score (nSPS) is 34.1. The van der Waals surface area contributed by atoms with Crippen LogP contribution in [-0.2, 0) is 4.79 Å². The van der Waals surface area contributed by atoms with Crippen molar-refractivity contribution in [2.75, 3.05) is 13.6 Å². The highest BCUT2D eigenvalue weighted by Crippen LogP contribution is 2.31. The molecule has 0 bridgehead atoms. The van der Waals surface area contributed by atoms with Gasteiger partial charge in [0.15, 0.2) is 0 Å². The summed E-state index contributed by atoms with van der Waals surface area (Å²) in [5.74, 6) is -0.0182. The van der Waals surface area contributed by atoms with Gasteiger partial charge in [0.2, 0.25) is 0 Å². The first-order valence-corrected chi connectivity index (χ1v) is 7.24. The first kappa shape index (κ1) is 13.8. The highest BCUT2D eigenvalue weighted by molar-refractivity contribution is 5.78. The van der Waals surface area contributed by atoms with Crippen LogP contribution in [-0.4, -0.2) is 41.1 Å². The summed E-state index contributed by atoms with van der Waals surface area (Å²) in [6.45, 7) is 1.11. The number of hydrogen-bond donors (Lipinski definition) is 2. The van der Waals surface area contributed by atoms with Crippen molar-refractivity contribution in [2.45, 2.75) is 62.9 Å². The molecule has 0 aliphatic heterocycles. The average Bonchev–Trinajstić information content (AvgIpc) is 2.81. The summed E-state index contributed by atoms with van der Waals surface area (Å²) in [4.78, 5) is 13.6. The Hall–Kier alpha value is -0.610. The van der Waals surface area contributed by atoms with Crippen LogP contribution in [0, 0.1) is 5.92 Å². The molecule has 0 spiro atoms. The predicted molar refractivity (Wildman–Crippen MR) is 71.4 cm³/mol. The van der Waals surface area contributed by atoms with Crippen LogP contribution in [0.1, 0.15) is 51.4 Å². The second-order valence-electron chi connectivity index (χ2n) is 6.30. The molecule has 0 aromatic heterocycles. The lowest BCUT2D eigenvalue weighted by atomic mass is 9.79. The number of carboxylic acid groups (broad SMARTS) is 1. The van der Waals surface area contributed by atoms with Crippen molar-refractivity contribution in [3.8, 4) is 0 Å². The van der Waals surface area contributed by atoms with Crippen molar-refractivity contribution in [3.63, 3.8) is 0 Å². The van der Waals surface area contributed by atoms with Gasteiger partial charge in [0.1, 0.15) is 5.54 Å². The summed E-state index contributed by atoms with van der Waals surface area (Å²) in [5, 5.41) is 9.24. The lowest BCUT2D eigenvalue weighted by Crippen LogP contribution is -2.55. The Kier molecular flexibility index (Phi) is 4.28. The van der Waals surface area contributed by atoms with Gasteiger partial charge in [-0.15, -0.1) is 0 Å². The first-order chi connectivity index (χ1) is 8.51. The van der Waals surface area contributed by atoms with Gasteiger partial charge in [-0.2, -0.15) is 0 Å². The topological polar surface area (TPSA) is 66.6 Å². The van der Waals surface area contributed by atoms with E-state index in [1.54, 1.807) is 0 Å². The van der Waals surface area contributed by atoms with E-state index in [9.17, 15) is 9.90 Å². The van der Waals surface area contributed by atoms with Crippen molar-refractivity contribution in [1.29, 1.82) is 0 Å². The fraction of sp³-hybridized carbons (Fsp3) is 0.929. The smallest absolute Gasteiger partial charge is 0.323 e. The minimum Gasteiger partial charge on any atom is -0.480 e. The van der Waals surface area contributed by atoms with E-state index in [0.717, 1.165) is 25.3 Å². The molecule has 0 amide bonds. The van der Waals surface area contributed by atoms with E-state index in [4.69, 9.17) is 5.73 Å². The van der Waals surface area contributed by atoms with Crippen molar-refractivity contribution in [3.05, 3.63) is 0 Å². The van der Waals surface area contributed by atoms with E-state index in [2.05, 4.69) is 11.9 Å². The van der Waals surface area contributed by atoms with E-state index in [-0.39, 0.29) is 0 Å². The molecule has 2 unspecified atom stereocenters. The van der Waals surface area contributed by atoms with Crippen LogP contribution in [0.4, 0.5) is 0 Å². The average molecular weight is 254 g/mol. The van der Waals surface area contributed by atoms with Gasteiger partial charge >= 0.3 is 5.97 Å². The van der Waals surface area contributed by atoms with Gasteiger partial charge in [0.05, 0.1) is 0 Å². The molecular formula is C14H26N2O2. The number of nitrogens with two attached hydrogens (primary N) is 1. The van der Waals surface area contributed by atoms with Gasteiger partial charge in [-0.05, 0) is 51.5 Å². The fourth-order valence-electron chi connectivity index (χ4n) is 3.60. The van der Waals surface area contributed by atoms with Gasteiger partial charge in [-0.1, -0.05) is 12.8 Å². The maximum Gasteiger partial charge on any atom is 0.323 e. The Morgan fingerprint density at radius 3 is 2.61 bits per heavy atom. The van der Waals surface area contributed by atoms with Gasteiger partial charge < -0.3 is 15.7 Å². The number of rotatable bonds is 4. The summed E-state index contributed by atoms with van der Waals surface area (Å²) in [5.41, 5.74) is 5.02. The molecule has 2 atom stereocenters. The minimum absolute atomic E-state index is 0.348. The number of hydrogen-bond acceptors (Lipinski definition) is 3. The van der Waals surface area contributed by atoms with Crippen molar-refractivity contribution < 1.29 is 9.90 Å². The Balaban J connectivity index is 1.89. The molecule has 0 aromatic rings. The maximum absolute atomic E-state index is 11.2. The Morgan fingerprint density at radius 1 is 1.33 bits per heavy atom. The van der Waals surface area contributed by atoms with Crippen molar-refractivity contribution >= 4 is 5.97 Å². The minimum atomic E-state index is -0.993. The van der Waals surface area contributed by atoms with E-state index in [0.29, 0.717) is 18.9 Å². The molecule has 104 valence electrons. The molecule has 3 N–H and O–H groups in total. The van der Waals surface area contributed by atoms with Crippen LogP contribution in [0.5, 0.6) is 0 Å². The third kappa shape index (κ3) is 3.04. The van der Waals surface area contributed by atoms with Crippen LogP contribution >= 0.6 is 0 Å². The lowest BCUT2D eigenvalue weighted by molar-refractivity contribution is -0.145. The van der Waals surface area contributed by atoms with Gasteiger partial charge in [0.25, 0.3) is 0 Å². The fourth-order valence-corrected chi connectivity index (χ4v) is 3.60. The Bertz CT molecular complexity index is 302. The number of carbonyl (C=O) groups is 1. The van der Waals surface area contributed by atoms with Crippen molar-refractivity contribution in [1.82, 2.24) is 4.90 Å². The summed E-state index contributed by atoms with van der Waals surface area (Å²) >= 11 is 0.